The lowest BCUT2D eigenvalue weighted by atomic mass is 9.80. The second-order valence-corrected chi connectivity index (χ2v) is 5.32. The number of hydrogen-bond donors (Lipinski definition) is 0. The lowest BCUT2D eigenvalue weighted by Gasteiger charge is -2.27. The van der Waals surface area contributed by atoms with Crippen molar-refractivity contribution in [3.63, 3.8) is 0 Å². The maximum Gasteiger partial charge on any atom is 0.323 e. The van der Waals surface area contributed by atoms with Gasteiger partial charge in [-0.2, -0.15) is 0 Å². The third kappa shape index (κ3) is 5.75. The van der Waals surface area contributed by atoms with Crippen molar-refractivity contribution in [2.24, 2.45) is 5.41 Å². The Bertz CT molecular complexity index is 635. The minimum absolute atomic E-state index is 0.114. The van der Waals surface area contributed by atoms with Crippen LogP contribution in [0.1, 0.15) is 38.7 Å². The third-order valence-electron chi connectivity index (χ3n) is 3.58. The van der Waals surface area contributed by atoms with Crippen LogP contribution in [0, 0.1) is 23.1 Å². The summed E-state index contributed by atoms with van der Waals surface area (Å²) in [4.78, 5) is 24.8. The monoisotopic (exact) mass is 346 g/mol. The fraction of sp³-hybridized carbons (Fsp3) is 0.400. The van der Waals surface area contributed by atoms with Gasteiger partial charge < -0.3 is 9.47 Å². The molecule has 1 rings (SSSR count). The molecule has 4 nitrogen and oxygen atoms in total. The van der Waals surface area contributed by atoms with E-state index in [0.29, 0.717) is 5.56 Å². The Kier molecular flexibility index (Phi) is 8.42. The van der Waals surface area contributed by atoms with Gasteiger partial charge in [-0.15, -0.1) is 6.58 Å². The third-order valence-corrected chi connectivity index (χ3v) is 3.58. The van der Waals surface area contributed by atoms with Crippen LogP contribution >= 0.6 is 0 Å². The van der Waals surface area contributed by atoms with Gasteiger partial charge in [0.05, 0.1) is 13.2 Å². The van der Waals surface area contributed by atoms with E-state index in [1.807, 2.05) is 0 Å². The molecule has 0 saturated heterocycles. The summed E-state index contributed by atoms with van der Waals surface area (Å²) in [5.74, 6) is 4.20. The van der Waals surface area contributed by atoms with Gasteiger partial charge in [0.1, 0.15) is 5.82 Å². The van der Waals surface area contributed by atoms with Crippen molar-refractivity contribution in [1.82, 2.24) is 0 Å². The molecule has 25 heavy (non-hydrogen) atoms. The molecule has 0 radical (unpaired) electrons. The van der Waals surface area contributed by atoms with Gasteiger partial charge in [0, 0.05) is 12.0 Å². The molecule has 0 amide bonds. The number of carbonyl (C=O) groups is 2. The van der Waals surface area contributed by atoms with Gasteiger partial charge >= 0.3 is 11.9 Å². The molecular weight excluding hydrogens is 323 g/mol. The summed E-state index contributed by atoms with van der Waals surface area (Å²) < 4.78 is 23.0. The molecule has 1 aromatic rings. The smallest absolute Gasteiger partial charge is 0.323 e. The highest BCUT2D eigenvalue weighted by Crippen LogP contribution is 2.32. The van der Waals surface area contributed by atoms with Crippen molar-refractivity contribution >= 4 is 11.9 Å². The van der Waals surface area contributed by atoms with Crippen LogP contribution in [0.25, 0.3) is 0 Å². The first-order valence-electron chi connectivity index (χ1n) is 8.20. The Morgan fingerprint density at radius 2 is 1.72 bits per heavy atom. The van der Waals surface area contributed by atoms with Crippen molar-refractivity contribution in [3.05, 3.63) is 48.3 Å². The minimum Gasteiger partial charge on any atom is -0.465 e. The lowest BCUT2D eigenvalue weighted by molar-refractivity contribution is -0.172. The molecule has 0 aliphatic heterocycles. The zero-order valence-electron chi connectivity index (χ0n) is 14.6. The second kappa shape index (κ2) is 10.3. The molecule has 5 heteroatoms. The number of halogens is 1. The van der Waals surface area contributed by atoms with E-state index in [1.165, 1.54) is 18.2 Å². The predicted octanol–water partition coefficient (Wildman–Crippen LogP) is 3.65. The summed E-state index contributed by atoms with van der Waals surface area (Å²) in [5, 5.41) is 0. The van der Waals surface area contributed by atoms with Gasteiger partial charge in [0.25, 0.3) is 0 Å². The summed E-state index contributed by atoms with van der Waals surface area (Å²) in [7, 11) is 0. The number of benzene rings is 1. The van der Waals surface area contributed by atoms with Crippen LogP contribution < -0.4 is 0 Å². The Morgan fingerprint density at radius 3 is 2.20 bits per heavy atom. The van der Waals surface area contributed by atoms with Crippen LogP contribution in [-0.2, 0) is 19.1 Å². The van der Waals surface area contributed by atoms with Crippen molar-refractivity contribution in [2.45, 2.75) is 33.1 Å². The molecule has 0 aliphatic rings. The van der Waals surface area contributed by atoms with Gasteiger partial charge in [-0.3, -0.25) is 9.59 Å². The quantitative estimate of drug-likeness (QED) is 0.312. The van der Waals surface area contributed by atoms with Crippen LogP contribution in [0.15, 0.2) is 36.9 Å². The van der Waals surface area contributed by atoms with E-state index in [1.54, 1.807) is 26.0 Å². The fourth-order valence-electron chi connectivity index (χ4n) is 2.31. The maximum absolute atomic E-state index is 12.9. The number of esters is 2. The van der Waals surface area contributed by atoms with Crippen molar-refractivity contribution in [2.75, 3.05) is 13.2 Å². The van der Waals surface area contributed by atoms with Crippen LogP contribution in [0.4, 0.5) is 4.39 Å². The second-order valence-electron chi connectivity index (χ2n) is 5.32. The van der Waals surface area contributed by atoms with E-state index in [9.17, 15) is 14.0 Å². The molecule has 0 atom stereocenters. The van der Waals surface area contributed by atoms with E-state index in [4.69, 9.17) is 9.47 Å². The number of allylic oxidation sites excluding steroid dienone is 1. The Balaban J connectivity index is 2.95. The zero-order chi connectivity index (χ0) is 18.7. The average molecular weight is 346 g/mol. The van der Waals surface area contributed by atoms with Crippen LogP contribution in [0.2, 0.25) is 0 Å². The lowest BCUT2D eigenvalue weighted by Crippen LogP contribution is -2.41. The molecule has 0 spiro atoms. The fourth-order valence-corrected chi connectivity index (χ4v) is 2.31. The molecule has 0 saturated carbocycles. The molecule has 0 bridgehead atoms. The Hall–Kier alpha value is -2.61. The van der Waals surface area contributed by atoms with E-state index < -0.39 is 17.4 Å². The van der Waals surface area contributed by atoms with Gasteiger partial charge in [-0.1, -0.05) is 17.9 Å². The maximum atomic E-state index is 12.9. The zero-order valence-corrected chi connectivity index (χ0v) is 14.6. The predicted molar refractivity (Wildman–Crippen MR) is 93.0 cm³/mol. The summed E-state index contributed by atoms with van der Waals surface area (Å²) in [5.41, 5.74) is -0.784. The first-order chi connectivity index (χ1) is 12.0. The van der Waals surface area contributed by atoms with Crippen LogP contribution in [0.5, 0.6) is 0 Å². The summed E-state index contributed by atoms with van der Waals surface area (Å²) in [6, 6.07) is 5.78. The van der Waals surface area contributed by atoms with Gasteiger partial charge in [-0.05, 0) is 51.0 Å². The standard InChI is InChI=1S/C20H23FO4/c1-4-14-20(18(22)24-5-2,19(23)25-6-3)15-8-7-9-16-10-12-17(21)13-11-16/h4,10-13H,1,5-6,8,14-15H2,2-3H3. The topological polar surface area (TPSA) is 52.6 Å². The van der Waals surface area contributed by atoms with Gasteiger partial charge in [0.15, 0.2) is 5.41 Å². The molecule has 0 unspecified atom stereocenters. The highest BCUT2D eigenvalue weighted by molar-refractivity contribution is 6.00. The SMILES string of the molecule is C=CCC(CCC#Cc1ccc(F)cc1)(C(=O)OCC)C(=O)OCC. The Labute approximate surface area is 148 Å². The van der Waals surface area contributed by atoms with E-state index >= 15 is 0 Å². The van der Waals surface area contributed by atoms with Crippen molar-refractivity contribution in [3.8, 4) is 11.8 Å². The molecule has 1 aromatic carbocycles. The number of carbonyl (C=O) groups excluding carboxylic acids is 2. The first kappa shape index (κ1) is 20.4. The summed E-state index contributed by atoms with van der Waals surface area (Å²) >= 11 is 0. The highest BCUT2D eigenvalue weighted by Gasteiger charge is 2.47. The van der Waals surface area contributed by atoms with Crippen molar-refractivity contribution < 1.29 is 23.5 Å². The van der Waals surface area contributed by atoms with E-state index in [0.717, 1.165) is 0 Å². The molecule has 0 aliphatic carbocycles. The molecule has 134 valence electrons. The Morgan fingerprint density at radius 1 is 1.16 bits per heavy atom. The van der Waals surface area contributed by atoms with Gasteiger partial charge in [0.2, 0.25) is 0 Å². The van der Waals surface area contributed by atoms with E-state index in [-0.39, 0.29) is 38.3 Å². The summed E-state index contributed by atoms with van der Waals surface area (Å²) in [6.07, 6.45) is 2.05. The van der Waals surface area contributed by atoms with Crippen molar-refractivity contribution in [1.29, 1.82) is 0 Å². The van der Waals surface area contributed by atoms with E-state index in [2.05, 4.69) is 18.4 Å². The molecule has 0 heterocycles. The first-order valence-corrected chi connectivity index (χ1v) is 8.20. The van der Waals surface area contributed by atoms with Crippen LogP contribution in [0.3, 0.4) is 0 Å². The normalized spacial score (nSPS) is 10.4. The van der Waals surface area contributed by atoms with Crippen LogP contribution in [-0.4, -0.2) is 25.2 Å². The largest absolute Gasteiger partial charge is 0.465 e. The minimum atomic E-state index is -1.44. The molecule has 0 N–H and O–H groups in total. The molecular formula is C20H23FO4. The average Bonchev–Trinajstić information content (AvgIpc) is 2.59. The number of ether oxygens (including phenoxy) is 2. The number of rotatable bonds is 8. The molecule has 0 aromatic heterocycles. The molecule has 0 fully saturated rings. The van der Waals surface area contributed by atoms with Gasteiger partial charge in [-0.25, -0.2) is 4.39 Å². The highest BCUT2D eigenvalue weighted by atomic mass is 19.1. The number of hydrogen-bond acceptors (Lipinski definition) is 4. The summed E-state index contributed by atoms with van der Waals surface area (Å²) in [6.45, 7) is 7.31.